The number of anilines is 2. The van der Waals surface area contributed by atoms with E-state index in [2.05, 4.69) is 5.32 Å². The van der Waals surface area contributed by atoms with Crippen LogP contribution in [0.3, 0.4) is 0 Å². The van der Waals surface area contributed by atoms with Gasteiger partial charge in [0.2, 0.25) is 0 Å². The van der Waals surface area contributed by atoms with Crippen molar-refractivity contribution in [3.05, 3.63) is 95.7 Å². The average Bonchev–Trinajstić information content (AvgIpc) is 3.01. The monoisotopic (exact) mass is 420 g/mol. The van der Waals surface area contributed by atoms with Crippen LogP contribution in [0.4, 0.5) is 20.2 Å². The third kappa shape index (κ3) is 3.77. The molecule has 5 nitrogen and oxygen atoms in total. The molecule has 3 aromatic rings. The lowest BCUT2D eigenvalue weighted by atomic mass is 10.0. The molecule has 1 aliphatic heterocycles. The van der Waals surface area contributed by atoms with Crippen LogP contribution in [0.15, 0.2) is 78.5 Å². The number of para-hydroxylation sites is 2. The SMILES string of the molecule is CCOc1ccccc1N1C(=O)C(Nc2ccc(F)c(F)c2)=C(c2ccccc2)C1=O. The van der Waals surface area contributed by atoms with Gasteiger partial charge in [0.15, 0.2) is 11.6 Å². The Balaban J connectivity index is 1.82. The second-order valence-corrected chi connectivity index (χ2v) is 6.72. The number of carbonyl (C=O) groups is 2. The Bertz CT molecular complexity index is 1190. The summed E-state index contributed by atoms with van der Waals surface area (Å²) in [5.41, 5.74) is 1.05. The summed E-state index contributed by atoms with van der Waals surface area (Å²) in [4.78, 5) is 27.8. The summed E-state index contributed by atoms with van der Waals surface area (Å²) in [6, 6.07) is 18.6. The molecule has 156 valence electrons. The highest BCUT2D eigenvalue weighted by Gasteiger charge is 2.41. The minimum Gasteiger partial charge on any atom is -0.492 e. The Morgan fingerprint density at radius 1 is 0.871 bits per heavy atom. The number of ether oxygens (including phenoxy) is 1. The summed E-state index contributed by atoms with van der Waals surface area (Å²) in [5, 5.41) is 2.81. The van der Waals surface area contributed by atoms with Gasteiger partial charge < -0.3 is 10.1 Å². The van der Waals surface area contributed by atoms with E-state index in [0.717, 1.165) is 17.0 Å². The average molecular weight is 420 g/mol. The van der Waals surface area contributed by atoms with Crippen LogP contribution < -0.4 is 15.0 Å². The van der Waals surface area contributed by atoms with E-state index in [9.17, 15) is 18.4 Å². The van der Waals surface area contributed by atoms with Crippen LogP contribution in [-0.2, 0) is 9.59 Å². The Hall–Kier alpha value is -4.00. The van der Waals surface area contributed by atoms with Gasteiger partial charge >= 0.3 is 0 Å². The van der Waals surface area contributed by atoms with Crippen LogP contribution >= 0.6 is 0 Å². The molecule has 1 N–H and O–H groups in total. The molecule has 31 heavy (non-hydrogen) atoms. The number of carbonyl (C=O) groups excluding carboxylic acids is 2. The summed E-state index contributed by atoms with van der Waals surface area (Å²) in [5.74, 6) is -2.87. The maximum atomic E-state index is 13.7. The van der Waals surface area contributed by atoms with Crippen molar-refractivity contribution < 1.29 is 23.1 Å². The molecule has 2 amide bonds. The second kappa shape index (κ2) is 8.39. The van der Waals surface area contributed by atoms with Crippen LogP contribution in [-0.4, -0.2) is 18.4 Å². The van der Waals surface area contributed by atoms with E-state index in [0.29, 0.717) is 23.6 Å². The fourth-order valence-corrected chi connectivity index (χ4v) is 3.37. The molecule has 0 aromatic heterocycles. The maximum absolute atomic E-state index is 13.7. The Labute approximate surface area is 177 Å². The van der Waals surface area contributed by atoms with E-state index in [1.165, 1.54) is 6.07 Å². The summed E-state index contributed by atoms with van der Waals surface area (Å²) in [6.07, 6.45) is 0. The minimum atomic E-state index is -1.07. The normalized spacial score (nSPS) is 13.7. The highest BCUT2D eigenvalue weighted by molar-refractivity contribution is 6.46. The van der Waals surface area contributed by atoms with Crippen LogP contribution in [0.5, 0.6) is 5.75 Å². The lowest BCUT2D eigenvalue weighted by Gasteiger charge is -2.19. The molecule has 4 rings (SSSR count). The van der Waals surface area contributed by atoms with Crippen molar-refractivity contribution in [1.29, 1.82) is 0 Å². The topological polar surface area (TPSA) is 58.6 Å². The molecule has 0 saturated carbocycles. The molecule has 3 aromatic carbocycles. The predicted octanol–water partition coefficient (Wildman–Crippen LogP) is 4.76. The largest absolute Gasteiger partial charge is 0.492 e. The van der Waals surface area contributed by atoms with Crippen molar-refractivity contribution >= 4 is 28.8 Å². The number of benzene rings is 3. The summed E-state index contributed by atoms with van der Waals surface area (Å²) >= 11 is 0. The van der Waals surface area contributed by atoms with Gasteiger partial charge in [-0.05, 0) is 36.8 Å². The number of nitrogens with one attached hydrogen (secondary N) is 1. The highest BCUT2D eigenvalue weighted by Crippen LogP contribution is 2.37. The standard InChI is InChI=1S/C24H18F2N2O3/c1-2-31-20-11-7-6-10-19(20)28-23(29)21(15-8-4-3-5-9-15)22(24(28)30)27-16-12-13-17(25)18(26)14-16/h3-14,27H,2H2,1H3. The smallest absolute Gasteiger partial charge is 0.282 e. The van der Waals surface area contributed by atoms with Gasteiger partial charge in [0.05, 0.1) is 17.9 Å². The first kappa shape index (κ1) is 20.3. The van der Waals surface area contributed by atoms with Crippen molar-refractivity contribution in [1.82, 2.24) is 0 Å². The van der Waals surface area contributed by atoms with E-state index in [4.69, 9.17) is 4.74 Å². The van der Waals surface area contributed by atoms with Gasteiger partial charge in [0.1, 0.15) is 11.4 Å². The Morgan fingerprint density at radius 2 is 1.58 bits per heavy atom. The van der Waals surface area contributed by atoms with Crippen molar-refractivity contribution in [3.63, 3.8) is 0 Å². The quantitative estimate of drug-likeness (QED) is 0.584. The number of hydrogen-bond acceptors (Lipinski definition) is 4. The first-order chi connectivity index (χ1) is 15.0. The first-order valence-electron chi connectivity index (χ1n) is 9.63. The van der Waals surface area contributed by atoms with E-state index < -0.39 is 23.4 Å². The Morgan fingerprint density at radius 3 is 2.29 bits per heavy atom. The molecule has 0 radical (unpaired) electrons. The molecule has 1 heterocycles. The van der Waals surface area contributed by atoms with Crippen molar-refractivity contribution in [3.8, 4) is 5.75 Å². The van der Waals surface area contributed by atoms with Gasteiger partial charge in [-0.15, -0.1) is 0 Å². The lowest BCUT2D eigenvalue weighted by Crippen LogP contribution is -2.32. The third-order valence-electron chi connectivity index (χ3n) is 4.74. The molecule has 1 aliphatic rings. The van der Waals surface area contributed by atoms with Gasteiger partial charge in [-0.3, -0.25) is 9.59 Å². The third-order valence-corrected chi connectivity index (χ3v) is 4.74. The fourth-order valence-electron chi connectivity index (χ4n) is 3.37. The van der Waals surface area contributed by atoms with Crippen LogP contribution in [0, 0.1) is 11.6 Å². The zero-order valence-corrected chi connectivity index (χ0v) is 16.6. The number of nitrogens with zero attached hydrogens (tertiary/aromatic N) is 1. The lowest BCUT2D eigenvalue weighted by molar-refractivity contribution is -0.120. The van der Waals surface area contributed by atoms with Crippen molar-refractivity contribution in [2.24, 2.45) is 0 Å². The highest BCUT2D eigenvalue weighted by atomic mass is 19.2. The van der Waals surface area contributed by atoms with Gasteiger partial charge in [0.25, 0.3) is 11.8 Å². The molecular formula is C24H18F2N2O3. The molecule has 0 unspecified atom stereocenters. The number of hydrogen-bond donors (Lipinski definition) is 1. The molecule has 0 atom stereocenters. The van der Waals surface area contributed by atoms with Gasteiger partial charge in [-0.1, -0.05) is 42.5 Å². The molecule has 0 aliphatic carbocycles. The second-order valence-electron chi connectivity index (χ2n) is 6.72. The fraction of sp³-hybridized carbons (Fsp3) is 0.0833. The van der Waals surface area contributed by atoms with E-state index in [-0.39, 0.29) is 17.0 Å². The Kier molecular flexibility index (Phi) is 5.49. The van der Waals surface area contributed by atoms with E-state index >= 15 is 0 Å². The summed E-state index contributed by atoms with van der Waals surface area (Å²) in [6.45, 7) is 2.15. The summed E-state index contributed by atoms with van der Waals surface area (Å²) < 4.78 is 32.6. The predicted molar refractivity (Wildman–Crippen MR) is 113 cm³/mol. The number of amides is 2. The zero-order chi connectivity index (χ0) is 22.0. The van der Waals surface area contributed by atoms with Crippen molar-refractivity contribution in [2.45, 2.75) is 6.92 Å². The number of halogens is 2. The van der Waals surface area contributed by atoms with Crippen LogP contribution in [0.2, 0.25) is 0 Å². The van der Waals surface area contributed by atoms with Gasteiger partial charge in [0, 0.05) is 11.8 Å². The van der Waals surface area contributed by atoms with Gasteiger partial charge in [-0.25, -0.2) is 13.7 Å². The first-order valence-corrected chi connectivity index (χ1v) is 9.63. The van der Waals surface area contributed by atoms with Crippen molar-refractivity contribution in [2.75, 3.05) is 16.8 Å². The van der Waals surface area contributed by atoms with Crippen LogP contribution in [0.25, 0.3) is 5.57 Å². The molecule has 0 spiro atoms. The van der Waals surface area contributed by atoms with Gasteiger partial charge in [-0.2, -0.15) is 0 Å². The molecular weight excluding hydrogens is 402 g/mol. The summed E-state index contributed by atoms with van der Waals surface area (Å²) in [7, 11) is 0. The molecule has 0 bridgehead atoms. The maximum Gasteiger partial charge on any atom is 0.282 e. The van der Waals surface area contributed by atoms with E-state index in [1.807, 2.05) is 0 Å². The molecule has 0 fully saturated rings. The minimum absolute atomic E-state index is 0.0338. The molecule has 0 saturated heterocycles. The number of imide groups is 1. The number of rotatable bonds is 6. The van der Waals surface area contributed by atoms with E-state index in [1.54, 1.807) is 61.5 Å². The van der Waals surface area contributed by atoms with Crippen LogP contribution in [0.1, 0.15) is 12.5 Å². The zero-order valence-electron chi connectivity index (χ0n) is 16.6. The molecule has 7 heteroatoms.